The molecule has 0 bridgehead atoms. The van der Waals surface area contributed by atoms with Crippen LogP contribution < -0.4 is 20.1 Å². The first-order valence-electron chi connectivity index (χ1n) is 9.77. The number of urea groups is 1. The lowest BCUT2D eigenvalue weighted by molar-refractivity contribution is -0.133. The van der Waals surface area contributed by atoms with E-state index in [1.54, 1.807) is 37.3 Å². The summed E-state index contributed by atoms with van der Waals surface area (Å²) in [5, 5.41) is 5.41. The maximum Gasteiger partial charge on any atom is 0.325 e. The van der Waals surface area contributed by atoms with Gasteiger partial charge in [0.25, 0.3) is 5.91 Å². The molecule has 2 N–H and O–H groups in total. The maximum absolute atomic E-state index is 13.0. The number of rotatable bonds is 4. The van der Waals surface area contributed by atoms with Gasteiger partial charge in [0.05, 0.1) is 13.2 Å². The van der Waals surface area contributed by atoms with E-state index in [0.29, 0.717) is 36.0 Å². The van der Waals surface area contributed by atoms with Crippen molar-refractivity contribution in [1.29, 1.82) is 0 Å². The maximum atomic E-state index is 13.0. The summed E-state index contributed by atoms with van der Waals surface area (Å²) in [6.45, 7) is 4.30. The number of hydrogen-bond donors (Lipinski definition) is 2. The topological polar surface area (TPSA) is 97.0 Å². The molecule has 1 saturated heterocycles. The second kappa shape index (κ2) is 7.70. The molecule has 2 aromatic carbocycles. The lowest BCUT2D eigenvalue weighted by Crippen LogP contribution is -2.42. The molecule has 4 rings (SSSR count). The Morgan fingerprint density at radius 3 is 2.53 bits per heavy atom. The highest BCUT2D eigenvalue weighted by Gasteiger charge is 2.49. The lowest BCUT2D eigenvalue weighted by Gasteiger charge is -2.22. The van der Waals surface area contributed by atoms with Crippen LogP contribution in [0.5, 0.6) is 11.5 Å². The molecule has 0 aromatic heterocycles. The summed E-state index contributed by atoms with van der Waals surface area (Å²) >= 11 is 0. The van der Waals surface area contributed by atoms with Crippen LogP contribution in [0.2, 0.25) is 0 Å². The van der Waals surface area contributed by atoms with Gasteiger partial charge in [-0.2, -0.15) is 0 Å². The highest BCUT2D eigenvalue weighted by molar-refractivity contribution is 6.10. The molecule has 2 aromatic rings. The molecule has 0 radical (unpaired) electrons. The SMILES string of the molecule is Cc1ccc([C@@]2(C)NC(=O)N(CC(=O)Nc3ccc4c(c3)OCCCO4)C2=O)cc1. The predicted molar refractivity (Wildman–Crippen MR) is 109 cm³/mol. The number of benzene rings is 2. The van der Waals surface area contributed by atoms with E-state index < -0.39 is 23.4 Å². The molecule has 8 heteroatoms. The fourth-order valence-electron chi connectivity index (χ4n) is 3.51. The van der Waals surface area contributed by atoms with E-state index in [1.165, 1.54) is 0 Å². The molecule has 2 aliphatic rings. The van der Waals surface area contributed by atoms with Crippen molar-refractivity contribution >= 4 is 23.5 Å². The number of hydrogen-bond acceptors (Lipinski definition) is 5. The zero-order chi connectivity index (χ0) is 21.3. The van der Waals surface area contributed by atoms with Gasteiger partial charge in [0.2, 0.25) is 5.91 Å². The number of aryl methyl sites for hydroxylation is 1. The first-order chi connectivity index (χ1) is 14.4. The minimum Gasteiger partial charge on any atom is -0.490 e. The van der Waals surface area contributed by atoms with Gasteiger partial charge in [-0.25, -0.2) is 4.79 Å². The van der Waals surface area contributed by atoms with Crippen LogP contribution in [0.25, 0.3) is 0 Å². The van der Waals surface area contributed by atoms with Gasteiger partial charge in [0.1, 0.15) is 12.1 Å². The smallest absolute Gasteiger partial charge is 0.325 e. The second-order valence-electron chi connectivity index (χ2n) is 7.57. The molecule has 1 fully saturated rings. The molecular weight excluding hydrogens is 386 g/mol. The Hall–Kier alpha value is -3.55. The van der Waals surface area contributed by atoms with Gasteiger partial charge in [-0.1, -0.05) is 29.8 Å². The summed E-state index contributed by atoms with van der Waals surface area (Å²) < 4.78 is 11.2. The molecule has 2 aliphatic heterocycles. The van der Waals surface area contributed by atoms with Crippen LogP contribution >= 0.6 is 0 Å². The highest BCUT2D eigenvalue weighted by Crippen LogP contribution is 2.32. The van der Waals surface area contributed by atoms with Gasteiger partial charge in [-0.3, -0.25) is 14.5 Å². The van der Waals surface area contributed by atoms with Crippen molar-refractivity contribution in [1.82, 2.24) is 10.2 Å². The van der Waals surface area contributed by atoms with E-state index in [4.69, 9.17) is 9.47 Å². The number of ether oxygens (including phenoxy) is 2. The normalized spacial score (nSPS) is 20.5. The molecule has 4 amide bonds. The van der Waals surface area contributed by atoms with Crippen molar-refractivity contribution in [3.8, 4) is 11.5 Å². The minimum absolute atomic E-state index is 0.388. The molecule has 30 heavy (non-hydrogen) atoms. The van der Waals surface area contributed by atoms with Crippen molar-refractivity contribution in [2.24, 2.45) is 0 Å². The van der Waals surface area contributed by atoms with Crippen LogP contribution in [0.4, 0.5) is 10.5 Å². The van der Waals surface area contributed by atoms with Crippen molar-refractivity contribution in [2.75, 3.05) is 25.1 Å². The van der Waals surface area contributed by atoms with Crippen LogP contribution in [-0.2, 0) is 15.1 Å². The van der Waals surface area contributed by atoms with Gasteiger partial charge >= 0.3 is 6.03 Å². The number of amides is 4. The number of carbonyl (C=O) groups excluding carboxylic acids is 3. The van der Waals surface area contributed by atoms with Gasteiger partial charge < -0.3 is 20.1 Å². The highest BCUT2D eigenvalue weighted by atomic mass is 16.5. The third-order valence-electron chi connectivity index (χ3n) is 5.24. The average Bonchev–Trinajstić information content (AvgIpc) is 2.88. The second-order valence-corrected chi connectivity index (χ2v) is 7.57. The van der Waals surface area contributed by atoms with Gasteiger partial charge in [0, 0.05) is 18.2 Å². The molecule has 0 unspecified atom stereocenters. The number of anilines is 1. The quantitative estimate of drug-likeness (QED) is 0.757. The summed E-state index contributed by atoms with van der Waals surface area (Å²) in [6, 6.07) is 11.8. The number of nitrogens with one attached hydrogen (secondary N) is 2. The zero-order valence-electron chi connectivity index (χ0n) is 16.9. The standard InChI is InChI=1S/C22H23N3O5/c1-14-4-6-15(7-5-14)22(2)20(27)25(21(28)24-22)13-19(26)23-16-8-9-17-18(12-16)30-11-3-10-29-17/h4-9,12H,3,10-11,13H2,1-2H3,(H,23,26)(H,24,28)/t22-/m1/s1. The van der Waals surface area contributed by atoms with E-state index in [9.17, 15) is 14.4 Å². The molecule has 1 atom stereocenters. The van der Waals surface area contributed by atoms with Crippen LogP contribution in [0.3, 0.4) is 0 Å². The van der Waals surface area contributed by atoms with Crippen molar-refractivity contribution < 1.29 is 23.9 Å². The molecule has 0 spiro atoms. The Bertz CT molecular complexity index is 1000. The summed E-state index contributed by atoms with van der Waals surface area (Å²) in [7, 11) is 0. The molecule has 8 nitrogen and oxygen atoms in total. The molecular formula is C22H23N3O5. The average molecular weight is 409 g/mol. The fraction of sp³-hybridized carbons (Fsp3) is 0.318. The molecule has 156 valence electrons. The van der Waals surface area contributed by atoms with E-state index in [2.05, 4.69) is 10.6 Å². The van der Waals surface area contributed by atoms with Gasteiger partial charge in [-0.05, 0) is 31.5 Å². The third kappa shape index (κ3) is 3.68. The van der Waals surface area contributed by atoms with Crippen LogP contribution in [0, 0.1) is 6.92 Å². The number of imide groups is 1. The molecule has 0 aliphatic carbocycles. The number of fused-ring (bicyclic) bond motifs is 1. The van der Waals surface area contributed by atoms with E-state index in [1.807, 2.05) is 19.1 Å². The van der Waals surface area contributed by atoms with Crippen LogP contribution in [0.15, 0.2) is 42.5 Å². The van der Waals surface area contributed by atoms with Crippen LogP contribution in [-0.4, -0.2) is 42.5 Å². The Balaban J connectivity index is 1.46. The lowest BCUT2D eigenvalue weighted by atomic mass is 9.91. The van der Waals surface area contributed by atoms with Crippen molar-refractivity contribution in [2.45, 2.75) is 25.8 Å². The first-order valence-corrected chi connectivity index (χ1v) is 9.77. The summed E-state index contributed by atoms with van der Waals surface area (Å²) in [5.41, 5.74) is 1.00. The summed E-state index contributed by atoms with van der Waals surface area (Å²) in [6.07, 6.45) is 0.780. The largest absolute Gasteiger partial charge is 0.490 e. The molecule has 0 saturated carbocycles. The summed E-state index contributed by atoms with van der Waals surface area (Å²) in [5.74, 6) is 0.215. The van der Waals surface area contributed by atoms with E-state index in [0.717, 1.165) is 16.9 Å². The first kappa shape index (κ1) is 19.8. The van der Waals surface area contributed by atoms with E-state index in [-0.39, 0.29) is 6.54 Å². The summed E-state index contributed by atoms with van der Waals surface area (Å²) in [4.78, 5) is 38.9. The van der Waals surface area contributed by atoms with E-state index >= 15 is 0 Å². The van der Waals surface area contributed by atoms with Gasteiger partial charge in [0.15, 0.2) is 11.5 Å². The third-order valence-corrected chi connectivity index (χ3v) is 5.24. The zero-order valence-corrected chi connectivity index (χ0v) is 16.9. The van der Waals surface area contributed by atoms with Crippen LogP contribution in [0.1, 0.15) is 24.5 Å². The van der Waals surface area contributed by atoms with Crippen molar-refractivity contribution in [3.63, 3.8) is 0 Å². The Kier molecular flexibility index (Phi) is 5.07. The Labute approximate surface area is 174 Å². The fourth-order valence-corrected chi connectivity index (χ4v) is 3.51. The minimum atomic E-state index is -1.21. The Morgan fingerprint density at radius 1 is 1.10 bits per heavy atom. The van der Waals surface area contributed by atoms with Crippen molar-refractivity contribution in [3.05, 3.63) is 53.6 Å². The monoisotopic (exact) mass is 409 g/mol. The van der Waals surface area contributed by atoms with Gasteiger partial charge in [-0.15, -0.1) is 0 Å². The number of carbonyl (C=O) groups is 3. The predicted octanol–water partition coefficient (Wildman–Crippen LogP) is 2.56. The molecule has 2 heterocycles. The number of nitrogens with zero attached hydrogens (tertiary/aromatic N) is 1. The Morgan fingerprint density at radius 2 is 1.80 bits per heavy atom.